The molecule has 1 N–H and O–H groups in total. The molecule has 1 heterocycles. The Hall–Kier alpha value is -3.16. The molecule has 6 nitrogen and oxygen atoms in total. The molecule has 1 atom stereocenters. The van der Waals surface area contributed by atoms with Crippen LogP contribution >= 0.6 is 0 Å². The van der Waals surface area contributed by atoms with Crippen molar-refractivity contribution >= 4 is 21.7 Å². The maximum absolute atomic E-state index is 14.8. The molecule has 0 radical (unpaired) electrons. The molecule has 0 spiro atoms. The molecule has 2 aliphatic rings. The highest BCUT2D eigenvalue weighted by Gasteiger charge is 2.73. The number of aryl methyl sites for hydroxylation is 1. The van der Waals surface area contributed by atoms with Crippen molar-refractivity contribution in [1.82, 2.24) is 4.90 Å². The second-order valence-electron chi connectivity index (χ2n) is 11.5. The number of benzene rings is 2. The molecule has 1 unspecified atom stereocenters. The van der Waals surface area contributed by atoms with E-state index in [0.29, 0.717) is 30.5 Å². The van der Waals surface area contributed by atoms with E-state index in [-0.39, 0.29) is 49.1 Å². The van der Waals surface area contributed by atoms with Crippen LogP contribution in [0.4, 0.5) is 30.7 Å². The fourth-order valence-corrected chi connectivity index (χ4v) is 8.45. The molecule has 1 saturated heterocycles. The first-order valence-corrected chi connectivity index (χ1v) is 15.7. The topological polar surface area (TPSA) is 91.8 Å². The molecule has 44 heavy (non-hydrogen) atoms. The minimum atomic E-state index is -6.34. The second kappa shape index (κ2) is 12.0. The number of alkyl halides is 7. The third-order valence-corrected chi connectivity index (χ3v) is 11.3. The molecule has 1 aliphatic heterocycles. The van der Waals surface area contributed by atoms with Crippen LogP contribution in [0, 0.1) is 11.8 Å². The summed E-state index contributed by atoms with van der Waals surface area (Å²) in [5.74, 6) is -2.53. The van der Waals surface area contributed by atoms with Gasteiger partial charge in [0.05, 0.1) is 10.8 Å². The highest BCUT2D eigenvalue weighted by molar-refractivity contribution is 7.92. The van der Waals surface area contributed by atoms with E-state index >= 15 is 0 Å². The average Bonchev–Trinajstić information content (AvgIpc) is 3.43. The predicted octanol–water partition coefficient (Wildman–Crippen LogP) is 6.72. The predicted molar refractivity (Wildman–Crippen MR) is 145 cm³/mol. The minimum absolute atomic E-state index is 0.0779. The number of aliphatic carboxylic acids is 1. The molecule has 2 fully saturated rings. The van der Waals surface area contributed by atoms with Gasteiger partial charge >= 0.3 is 24.0 Å². The van der Waals surface area contributed by atoms with Crippen molar-refractivity contribution in [3.63, 3.8) is 0 Å². The number of carbonyl (C=O) groups is 2. The zero-order chi connectivity index (χ0) is 32.7. The molecule has 14 heteroatoms. The van der Waals surface area contributed by atoms with E-state index in [1.807, 2.05) is 6.92 Å². The smallest absolute Gasteiger partial charge is 0.435 e. The largest absolute Gasteiger partial charge is 0.481 e. The molecule has 0 bridgehead atoms. The van der Waals surface area contributed by atoms with E-state index in [9.17, 15) is 53.8 Å². The third kappa shape index (κ3) is 5.81. The van der Waals surface area contributed by atoms with Gasteiger partial charge in [0.2, 0.25) is 5.91 Å². The Balaban J connectivity index is 1.77. The number of carboxylic acid groups (broad SMARTS) is 1. The summed E-state index contributed by atoms with van der Waals surface area (Å²) in [6.07, 6.45) is -10.6. The van der Waals surface area contributed by atoms with Gasteiger partial charge in [-0.3, -0.25) is 9.59 Å². The van der Waals surface area contributed by atoms with Gasteiger partial charge in [-0.1, -0.05) is 49.7 Å². The van der Waals surface area contributed by atoms with Gasteiger partial charge in [-0.2, -0.15) is 26.3 Å². The van der Waals surface area contributed by atoms with Crippen LogP contribution in [0.3, 0.4) is 0 Å². The lowest BCUT2D eigenvalue weighted by molar-refractivity contribution is -0.348. The van der Waals surface area contributed by atoms with Crippen molar-refractivity contribution in [2.75, 3.05) is 13.1 Å². The number of amides is 1. The van der Waals surface area contributed by atoms with Gasteiger partial charge in [-0.05, 0) is 61.8 Å². The number of hydrogen-bond acceptors (Lipinski definition) is 4. The molecule has 4 rings (SSSR count). The lowest BCUT2D eigenvalue weighted by atomic mass is 9.81. The number of halogens is 7. The van der Waals surface area contributed by atoms with Crippen molar-refractivity contribution in [2.45, 2.75) is 79.5 Å². The second-order valence-corrected chi connectivity index (χ2v) is 13.8. The van der Waals surface area contributed by atoms with E-state index in [2.05, 4.69) is 0 Å². The van der Waals surface area contributed by atoms with Gasteiger partial charge in [0, 0.05) is 24.6 Å². The summed E-state index contributed by atoms with van der Waals surface area (Å²) >= 11 is 0. The lowest BCUT2D eigenvalue weighted by Crippen LogP contribution is -2.50. The van der Waals surface area contributed by atoms with Crippen LogP contribution in [0.1, 0.15) is 62.1 Å². The number of carbonyl (C=O) groups excluding carboxylic acids is 1. The molecular formula is C30H32F7NO5S. The molecule has 0 aromatic heterocycles. The van der Waals surface area contributed by atoms with Crippen molar-refractivity contribution in [3.8, 4) is 0 Å². The first-order chi connectivity index (χ1) is 20.4. The van der Waals surface area contributed by atoms with Crippen molar-refractivity contribution in [2.24, 2.45) is 11.8 Å². The van der Waals surface area contributed by atoms with Crippen molar-refractivity contribution < 1.29 is 53.8 Å². The standard InChI is InChI=1S/C30H32F7NO5S/c1-2-4-19-5-3-6-24(17-19)44(42,43)27(15-16-38(18-27)25(39)20-7-9-21(10-8-20)26(40)41)22-11-13-23(14-12-22)28(31,29(32,33)34)30(35,36)37/h3,5-6,11-14,17,20-21H,2,4,7-10,15-16,18H2,1H3,(H,40,41). The Morgan fingerprint density at radius 1 is 0.909 bits per heavy atom. The zero-order valence-electron chi connectivity index (χ0n) is 23.7. The summed E-state index contributed by atoms with van der Waals surface area (Å²) < 4.78 is 122. The van der Waals surface area contributed by atoms with Crippen LogP contribution in [0.15, 0.2) is 53.4 Å². The lowest BCUT2D eigenvalue weighted by Gasteiger charge is -2.33. The Morgan fingerprint density at radius 2 is 1.48 bits per heavy atom. The fraction of sp³-hybridized carbons (Fsp3) is 0.533. The SMILES string of the molecule is CCCc1cccc(S(=O)(=O)C2(c3ccc(C(F)(C(F)(F)F)C(F)(F)F)cc3)CCN(C(=O)C3CCC(C(=O)O)CC3)C2)c1. The van der Waals surface area contributed by atoms with Gasteiger partial charge in [0.25, 0.3) is 0 Å². The van der Waals surface area contributed by atoms with E-state index in [0.717, 1.165) is 12.1 Å². The Bertz CT molecular complexity index is 1470. The highest BCUT2D eigenvalue weighted by Crippen LogP contribution is 2.54. The number of nitrogens with zero attached hydrogens (tertiary/aromatic N) is 1. The monoisotopic (exact) mass is 651 g/mol. The quantitative estimate of drug-likeness (QED) is 0.320. The molecule has 1 saturated carbocycles. The Labute approximate surface area is 250 Å². The van der Waals surface area contributed by atoms with E-state index < -0.39 is 68.4 Å². The molecule has 1 amide bonds. The molecule has 242 valence electrons. The summed E-state index contributed by atoms with van der Waals surface area (Å²) in [6.45, 7) is 1.37. The summed E-state index contributed by atoms with van der Waals surface area (Å²) in [5, 5.41) is 9.27. The number of sulfone groups is 1. The average molecular weight is 652 g/mol. The number of likely N-dealkylation sites (tertiary alicyclic amines) is 1. The number of hydrogen-bond donors (Lipinski definition) is 1. The van der Waals surface area contributed by atoms with Gasteiger partial charge in [0.15, 0.2) is 9.84 Å². The van der Waals surface area contributed by atoms with Crippen LogP contribution in [0.5, 0.6) is 0 Å². The molecule has 2 aromatic carbocycles. The first kappa shape index (κ1) is 33.7. The van der Waals surface area contributed by atoms with Crippen LogP contribution < -0.4 is 0 Å². The van der Waals surface area contributed by atoms with Crippen LogP contribution in [-0.2, 0) is 36.3 Å². The van der Waals surface area contributed by atoms with E-state index in [1.165, 1.54) is 23.1 Å². The Morgan fingerprint density at radius 3 is 2.00 bits per heavy atom. The van der Waals surface area contributed by atoms with Gasteiger partial charge in [-0.25, -0.2) is 12.8 Å². The normalized spacial score (nSPS) is 23.5. The maximum Gasteiger partial charge on any atom is 0.435 e. The summed E-state index contributed by atoms with van der Waals surface area (Å²) in [5.41, 5.74) is -6.93. The molecule has 1 aliphatic carbocycles. The van der Waals surface area contributed by atoms with Gasteiger partial charge < -0.3 is 10.0 Å². The summed E-state index contributed by atoms with van der Waals surface area (Å²) in [4.78, 5) is 26.0. The Kier molecular flexibility index (Phi) is 9.18. The minimum Gasteiger partial charge on any atom is -0.481 e. The maximum atomic E-state index is 14.8. The third-order valence-electron chi connectivity index (χ3n) is 8.82. The summed E-state index contributed by atoms with van der Waals surface area (Å²) in [7, 11) is -4.43. The van der Waals surface area contributed by atoms with Gasteiger partial charge in [0.1, 0.15) is 4.75 Å². The molecular weight excluding hydrogens is 619 g/mol. The zero-order valence-corrected chi connectivity index (χ0v) is 24.5. The molecule has 2 aromatic rings. The van der Waals surface area contributed by atoms with E-state index in [1.54, 1.807) is 6.07 Å². The van der Waals surface area contributed by atoms with Gasteiger partial charge in [-0.15, -0.1) is 0 Å². The fourth-order valence-electron chi connectivity index (χ4n) is 6.30. The first-order valence-electron chi connectivity index (χ1n) is 14.2. The van der Waals surface area contributed by atoms with Crippen molar-refractivity contribution in [3.05, 3.63) is 65.2 Å². The van der Waals surface area contributed by atoms with E-state index in [4.69, 9.17) is 0 Å². The van der Waals surface area contributed by atoms with Crippen LogP contribution in [0.2, 0.25) is 0 Å². The number of carboxylic acids is 1. The summed E-state index contributed by atoms with van der Waals surface area (Å²) in [6, 6.07) is 8.11. The van der Waals surface area contributed by atoms with Crippen LogP contribution in [0.25, 0.3) is 0 Å². The highest BCUT2D eigenvalue weighted by atomic mass is 32.2. The number of rotatable bonds is 8. The van der Waals surface area contributed by atoms with Crippen LogP contribution in [-0.4, -0.2) is 55.7 Å². The van der Waals surface area contributed by atoms with Crippen molar-refractivity contribution in [1.29, 1.82) is 0 Å².